The zero-order valence-corrected chi connectivity index (χ0v) is 11.3. The standard InChI is InChI=1S/C15H26O3/c16-14(9-12-3-1-2-4-12)13-5-7-18-15(10-13)6-8-17-11-15/h12-14,16H,1-11H2. The summed E-state index contributed by atoms with van der Waals surface area (Å²) in [6.45, 7) is 2.36. The van der Waals surface area contributed by atoms with Crippen LogP contribution >= 0.6 is 0 Å². The van der Waals surface area contributed by atoms with Crippen LogP contribution < -0.4 is 0 Å². The zero-order chi connectivity index (χ0) is 12.4. The lowest BCUT2D eigenvalue weighted by Gasteiger charge is -2.39. The van der Waals surface area contributed by atoms with Gasteiger partial charge in [0.15, 0.2) is 0 Å². The van der Waals surface area contributed by atoms with Crippen molar-refractivity contribution in [1.82, 2.24) is 0 Å². The molecule has 1 N–H and O–H groups in total. The van der Waals surface area contributed by atoms with E-state index in [0.717, 1.165) is 51.4 Å². The van der Waals surface area contributed by atoms with Gasteiger partial charge in [-0.1, -0.05) is 25.7 Å². The molecule has 1 aliphatic carbocycles. The molecule has 2 heterocycles. The van der Waals surface area contributed by atoms with E-state index in [9.17, 15) is 5.11 Å². The molecule has 0 amide bonds. The van der Waals surface area contributed by atoms with Crippen LogP contribution in [0.2, 0.25) is 0 Å². The molecule has 3 rings (SSSR count). The van der Waals surface area contributed by atoms with E-state index in [1.54, 1.807) is 0 Å². The number of hydrogen-bond acceptors (Lipinski definition) is 3. The van der Waals surface area contributed by atoms with Gasteiger partial charge in [-0.05, 0) is 31.1 Å². The number of hydrogen-bond donors (Lipinski definition) is 1. The summed E-state index contributed by atoms with van der Waals surface area (Å²) in [6.07, 6.45) is 9.32. The fourth-order valence-corrected chi connectivity index (χ4v) is 4.04. The van der Waals surface area contributed by atoms with Crippen molar-refractivity contribution in [1.29, 1.82) is 0 Å². The highest BCUT2D eigenvalue weighted by Gasteiger charge is 2.43. The Morgan fingerprint density at radius 3 is 2.72 bits per heavy atom. The topological polar surface area (TPSA) is 38.7 Å². The minimum atomic E-state index is -0.116. The molecule has 3 fully saturated rings. The van der Waals surface area contributed by atoms with E-state index in [1.807, 2.05) is 0 Å². The predicted molar refractivity (Wildman–Crippen MR) is 69.4 cm³/mol. The first-order valence-electron chi connectivity index (χ1n) is 7.67. The number of ether oxygens (including phenoxy) is 2. The van der Waals surface area contributed by atoms with Crippen LogP contribution in [0.25, 0.3) is 0 Å². The summed E-state index contributed by atoms with van der Waals surface area (Å²) in [7, 11) is 0. The number of rotatable bonds is 3. The van der Waals surface area contributed by atoms with Gasteiger partial charge in [-0.2, -0.15) is 0 Å². The lowest BCUT2D eigenvalue weighted by Crippen LogP contribution is -2.43. The van der Waals surface area contributed by atoms with Crippen LogP contribution in [-0.2, 0) is 9.47 Å². The van der Waals surface area contributed by atoms with Crippen molar-refractivity contribution < 1.29 is 14.6 Å². The van der Waals surface area contributed by atoms with Gasteiger partial charge >= 0.3 is 0 Å². The molecule has 0 radical (unpaired) electrons. The van der Waals surface area contributed by atoms with E-state index in [1.165, 1.54) is 25.7 Å². The first kappa shape index (κ1) is 12.9. The van der Waals surface area contributed by atoms with Gasteiger partial charge < -0.3 is 14.6 Å². The molecule has 3 aliphatic rings. The van der Waals surface area contributed by atoms with Crippen LogP contribution in [0.4, 0.5) is 0 Å². The largest absolute Gasteiger partial charge is 0.393 e. The minimum Gasteiger partial charge on any atom is -0.393 e. The summed E-state index contributed by atoms with van der Waals surface area (Å²) < 4.78 is 11.4. The number of aliphatic hydroxyl groups excluding tert-OH is 1. The molecule has 0 aromatic rings. The van der Waals surface area contributed by atoms with Crippen molar-refractivity contribution in [2.75, 3.05) is 19.8 Å². The summed E-state index contributed by atoms with van der Waals surface area (Å²) in [6, 6.07) is 0. The van der Waals surface area contributed by atoms with E-state index >= 15 is 0 Å². The van der Waals surface area contributed by atoms with Crippen LogP contribution in [0.5, 0.6) is 0 Å². The maximum absolute atomic E-state index is 10.5. The van der Waals surface area contributed by atoms with E-state index in [4.69, 9.17) is 9.47 Å². The van der Waals surface area contributed by atoms with Gasteiger partial charge in [0.05, 0.1) is 18.3 Å². The Labute approximate surface area is 110 Å². The first-order valence-corrected chi connectivity index (χ1v) is 7.67. The van der Waals surface area contributed by atoms with Gasteiger partial charge in [-0.3, -0.25) is 0 Å². The Balaban J connectivity index is 1.54. The minimum absolute atomic E-state index is 0.0560. The van der Waals surface area contributed by atoms with Crippen molar-refractivity contribution in [3.8, 4) is 0 Å². The summed E-state index contributed by atoms with van der Waals surface area (Å²) >= 11 is 0. The highest BCUT2D eigenvalue weighted by molar-refractivity contribution is 4.92. The molecule has 1 saturated carbocycles. The molecule has 3 unspecified atom stereocenters. The molecular weight excluding hydrogens is 228 g/mol. The highest BCUT2D eigenvalue weighted by Crippen LogP contribution is 2.39. The Morgan fingerprint density at radius 2 is 2.00 bits per heavy atom. The summed E-state index contributed by atoms with van der Waals surface area (Å²) in [4.78, 5) is 0. The fraction of sp³-hybridized carbons (Fsp3) is 1.00. The summed E-state index contributed by atoms with van der Waals surface area (Å²) in [5.41, 5.74) is -0.0560. The molecule has 2 aliphatic heterocycles. The molecule has 2 saturated heterocycles. The maximum atomic E-state index is 10.5. The molecule has 0 bridgehead atoms. The van der Waals surface area contributed by atoms with Crippen molar-refractivity contribution in [2.45, 2.75) is 63.1 Å². The van der Waals surface area contributed by atoms with Gasteiger partial charge in [0, 0.05) is 19.6 Å². The molecule has 104 valence electrons. The Kier molecular flexibility index (Phi) is 3.92. The quantitative estimate of drug-likeness (QED) is 0.841. The first-order chi connectivity index (χ1) is 8.77. The third-order valence-electron chi connectivity index (χ3n) is 5.19. The molecule has 18 heavy (non-hydrogen) atoms. The van der Waals surface area contributed by atoms with Crippen LogP contribution in [0.3, 0.4) is 0 Å². The zero-order valence-electron chi connectivity index (χ0n) is 11.3. The third kappa shape index (κ3) is 2.73. The highest BCUT2D eigenvalue weighted by atomic mass is 16.6. The molecular formula is C15H26O3. The molecule has 0 aromatic heterocycles. The second-order valence-electron chi connectivity index (χ2n) is 6.54. The van der Waals surface area contributed by atoms with Crippen molar-refractivity contribution in [2.24, 2.45) is 11.8 Å². The van der Waals surface area contributed by atoms with E-state index in [0.29, 0.717) is 5.92 Å². The maximum Gasteiger partial charge on any atom is 0.0940 e. The van der Waals surface area contributed by atoms with E-state index in [-0.39, 0.29) is 11.7 Å². The van der Waals surface area contributed by atoms with Gasteiger partial charge in [-0.25, -0.2) is 0 Å². The third-order valence-corrected chi connectivity index (χ3v) is 5.19. The molecule has 3 nitrogen and oxygen atoms in total. The van der Waals surface area contributed by atoms with Crippen LogP contribution in [0.1, 0.15) is 51.4 Å². The van der Waals surface area contributed by atoms with Crippen LogP contribution in [-0.4, -0.2) is 36.6 Å². The van der Waals surface area contributed by atoms with Gasteiger partial charge in [0.1, 0.15) is 0 Å². The average Bonchev–Trinajstić information content (AvgIpc) is 3.02. The van der Waals surface area contributed by atoms with Crippen LogP contribution in [0, 0.1) is 11.8 Å². The van der Waals surface area contributed by atoms with E-state index in [2.05, 4.69) is 0 Å². The second-order valence-corrected chi connectivity index (χ2v) is 6.54. The van der Waals surface area contributed by atoms with Crippen LogP contribution in [0.15, 0.2) is 0 Å². The normalized spacial score (nSPS) is 39.5. The lowest BCUT2D eigenvalue weighted by molar-refractivity contribution is -0.118. The smallest absolute Gasteiger partial charge is 0.0940 e. The molecule has 1 spiro atoms. The molecule has 3 heteroatoms. The second kappa shape index (κ2) is 5.48. The predicted octanol–water partition coefficient (Wildman–Crippen LogP) is 2.51. The SMILES string of the molecule is OC(CC1CCCC1)C1CCOC2(CCOC2)C1. The Hall–Kier alpha value is -0.120. The summed E-state index contributed by atoms with van der Waals surface area (Å²) in [5, 5.41) is 10.5. The monoisotopic (exact) mass is 254 g/mol. The Morgan fingerprint density at radius 1 is 1.17 bits per heavy atom. The summed E-state index contributed by atoms with van der Waals surface area (Å²) in [5.74, 6) is 1.21. The van der Waals surface area contributed by atoms with Gasteiger partial charge in [-0.15, -0.1) is 0 Å². The average molecular weight is 254 g/mol. The van der Waals surface area contributed by atoms with Gasteiger partial charge in [0.25, 0.3) is 0 Å². The lowest BCUT2D eigenvalue weighted by atomic mass is 9.79. The fourth-order valence-electron chi connectivity index (χ4n) is 4.04. The number of aliphatic hydroxyl groups is 1. The van der Waals surface area contributed by atoms with Crippen molar-refractivity contribution in [3.63, 3.8) is 0 Å². The van der Waals surface area contributed by atoms with Crippen molar-refractivity contribution in [3.05, 3.63) is 0 Å². The molecule has 0 aromatic carbocycles. The van der Waals surface area contributed by atoms with Gasteiger partial charge in [0.2, 0.25) is 0 Å². The molecule has 3 atom stereocenters. The van der Waals surface area contributed by atoms with Crippen molar-refractivity contribution >= 4 is 0 Å². The van der Waals surface area contributed by atoms with E-state index < -0.39 is 0 Å². The Bertz CT molecular complexity index is 267.